The molecule has 1 amide bonds. The number of ether oxygens (including phenoxy) is 1. The number of nitrogens with one attached hydrogen (secondary N) is 1. The Kier molecular flexibility index (Phi) is 7.54. The summed E-state index contributed by atoms with van der Waals surface area (Å²) in [5.41, 5.74) is 1.41. The second-order valence-corrected chi connectivity index (χ2v) is 8.62. The van der Waals surface area contributed by atoms with Crippen LogP contribution in [-0.4, -0.2) is 23.1 Å². The van der Waals surface area contributed by atoms with Crippen molar-refractivity contribution in [2.75, 3.05) is 6.61 Å². The summed E-state index contributed by atoms with van der Waals surface area (Å²) in [6.45, 7) is 3.79. The van der Waals surface area contributed by atoms with E-state index in [1.165, 1.54) is 34.1 Å². The molecule has 0 aliphatic heterocycles. The zero-order valence-electron chi connectivity index (χ0n) is 17.0. The maximum absolute atomic E-state index is 13.0. The SMILES string of the molecule is CCOC(=O)/C=c1\s/c(=C\c2sccc2C)c(=O)n1CC(=O)NCc1ccc(F)cc1. The van der Waals surface area contributed by atoms with Crippen LogP contribution >= 0.6 is 22.7 Å². The predicted octanol–water partition coefficient (Wildman–Crippen LogP) is 1.91. The smallest absolute Gasteiger partial charge is 0.333 e. The summed E-state index contributed by atoms with van der Waals surface area (Å²) in [6.07, 6.45) is 2.99. The van der Waals surface area contributed by atoms with E-state index in [1.54, 1.807) is 25.1 Å². The lowest BCUT2D eigenvalue weighted by atomic mass is 10.2. The number of aryl methyl sites for hydroxylation is 1. The lowest BCUT2D eigenvalue weighted by molar-refractivity contribution is -0.135. The number of thiazole rings is 1. The molecule has 9 heteroatoms. The molecule has 1 N–H and O–H groups in total. The molecule has 3 aromatic rings. The molecule has 3 rings (SSSR count). The molecular formula is C22H21FN2O4S2. The van der Waals surface area contributed by atoms with Gasteiger partial charge in [0.05, 0.1) is 17.2 Å². The van der Waals surface area contributed by atoms with Crippen LogP contribution in [0.4, 0.5) is 4.39 Å². The fourth-order valence-electron chi connectivity index (χ4n) is 2.73. The minimum atomic E-state index is -0.580. The summed E-state index contributed by atoms with van der Waals surface area (Å²) in [5.74, 6) is -1.34. The standard InChI is InChI=1S/C22H21FN2O4S2/c1-3-29-21(27)11-20-25(13-19(26)24-12-15-4-6-16(23)7-5-15)22(28)18(31-20)10-17-14(2)8-9-30-17/h4-11H,3,12-13H2,1-2H3,(H,24,26)/b18-10-,20-11-. The van der Waals surface area contributed by atoms with Crippen molar-refractivity contribution in [3.05, 3.63) is 77.1 Å². The number of carbonyl (C=O) groups is 2. The molecule has 162 valence electrons. The minimum absolute atomic E-state index is 0.197. The number of carbonyl (C=O) groups excluding carboxylic acids is 2. The van der Waals surface area contributed by atoms with Gasteiger partial charge in [0.2, 0.25) is 5.91 Å². The molecule has 0 atom stereocenters. The fourth-order valence-corrected chi connectivity index (χ4v) is 4.68. The van der Waals surface area contributed by atoms with E-state index < -0.39 is 11.9 Å². The normalized spacial score (nSPS) is 12.2. The van der Waals surface area contributed by atoms with Gasteiger partial charge in [-0.15, -0.1) is 22.7 Å². The Morgan fingerprint density at radius 1 is 1.23 bits per heavy atom. The van der Waals surface area contributed by atoms with E-state index in [9.17, 15) is 18.8 Å². The van der Waals surface area contributed by atoms with Crippen LogP contribution in [-0.2, 0) is 27.4 Å². The first-order valence-corrected chi connectivity index (χ1v) is 11.2. The van der Waals surface area contributed by atoms with Gasteiger partial charge in [-0.25, -0.2) is 9.18 Å². The zero-order valence-corrected chi connectivity index (χ0v) is 18.6. The van der Waals surface area contributed by atoms with E-state index >= 15 is 0 Å². The van der Waals surface area contributed by atoms with Gasteiger partial charge in [-0.3, -0.25) is 14.2 Å². The lowest BCUT2D eigenvalue weighted by Crippen LogP contribution is -2.38. The van der Waals surface area contributed by atoms with Crippen molar-refractivity contribution in [3.8, 4) is 0 Å². The van der Waals surface area contributed by atoms with Crippen LogP contribution in [0.25, 0.3) is 12.2 Å². The van der Waals surface area contributed by atoms with Crippen molar-refractivity contribution in [1.82, 2.24) is 9.88 Å². The summed E-state index contributed by atoms with van der Waals surface area (Å²) < 4.78 is 20.0. The molecule has 0 radical (unpaired) electrons. The molecule has 31 heavy (non-hydrogen) atoms. The summed E-state index contributed by atoms with van der Waals surface area (Å²) in [4.78, 5) is 38.3. The van der Waals surface area contributed by atoms with Gasteiger partial charge in [0.1, 0.15) is 17.0 Å². The quantitative estimate of drug-likeness (QED) is 0.547. The highest BCUT2D eigenvalue weighted by atomic mass is 32.1. The molecule has 0 saturated carbocycles. The van der Waals surface area contributed by atoms with E-state index in [1.807, 2.05) is 18.4 Å². The third-order valence-corrected chi connectivity index (χ3v) is 6.36. The van der Waals surface area contributed by atoms with Crippen molar-refractivity contribution >= 4 is 46.7 Å². The summed E-state index contributed by atoms with van der Waals surface area (Å²) >= 11 is 2.63. The average molecular weight is 461 g/mol. The third kappa shape index (κ3) is 5.99. The number of hydrogen-bond donors (Lipinski definition) is 1. The Balaban J connectivity index is 1.90. The van der Waals surface area contributed by atoms with E-state index in [-0.39, 0.29) is 31.1 Å². The van der Waals surface area contributed by atoms with Gasteiger partial charge in [0.15, 0.2) is 0 Å². The lowest BCUT2D eigenvalue weighted by Gasteiger charge is -2.06. The largest absolute Gasteiger partial charge is 0.463 e. The van der Waals surface area contributed by atoms with Crippen molar-refractivity contribution in [3.63, 3.8) is 0 Å². The Bertz CT molecular complexity index is 1260. The average Bonchev–Trinajstić information content (AvgIpc) is 3.26. The number of benzene rings is 1. The van der Waals surface area contributed by atoms with Gasteiger partial charge in [-0.2, -0.15) is 0 Å². The number of halogens is 1. The van der Waals surface area contributed by atoms with Crippen LogP contribution in [0.3, 0.4) is 0 Å². The molecule has 0 fully saturated rings. The van der Waals surface area contributed by atoms with Crippen molar-refractivity contribution < 1.29 is 18.7 Å². The Labute approximate surface area is 185 Å². The van der Waals surface area contributed by atoms with Crippen LogP contribution < -0.4 is 20.1 Å². The maximum Gasteiger partial charge on any atom is 0.333 e. The number of esters is 1. The van der Waals surface area contributed by atoms with Crippen LogP contribution in [0.15, 0.2) is 40.5 Å². The molecule has 6 nitrogen and oxygen atoms in total. The number of thiophene rings is 1. The highest BCUT2D eigenvalue weighted by Gasteiger charge is 2.12. The molecule has 1 aromatic carbocycles. The summed E-state index contributed by atoms with van der Waals surface area (Å²) in [5, 5.41) is 4.64. The van der Waals surface area contributed by atoms with Crippen LogP contribution in [0.2, 0.25) is 0 Å². The number of rotatable bonds is 7. The first kappa shape index (κ1) is 22.6. The first-order chi connectivity index (χ1) is 14.9. The van der Waals surface area contributed by atoms with Gasteiger partial charge in [-0.1, -0.05) is 12.1 Å². The molecule has 2 heterocycles. The maximum atomic E-state index is 13.0. The number of amides is 1. The molecule has 0 saturated heterocycles. The predicted molar refractivity (Wildman–Crippen MR) is 120 cm³/mol. The molecule has 0 unspecified atom stereocenters. The van der Waals surface area contributed by atoms with Crippen molar-refractivity contribution in [2.45, 2.75) is 26.9 Å². The molecule has 0 aliphatic rings. The molecule has 2 aromatic heterocycles. The van der Waals surface area contributed by atoms with Gasteiger partial charge in [-0.05, 0) is 54.6 Å². The molecule has 0 spiro atoms. The Hall–Kier alpha value is -3.04. The third-order valence-electron chi connectivity index (χ3n) is 4.33. The topological polar surface area (TPSA) is 77.4 Å². The van der Waals surface area contributed by atoms with E-state index in [4.69, 9.17) is 4.74 Å². The summed E-state index contributed by atoms with van der Waals surface area (Å²) in [7, 11) is 0. The van der Waals surface area contributed by atoms with E-state index in [0.717, 1.165) is 27.3 Å². The van der Waals surface area contributed by atoms with Gasteiger partial charge >= 0.3 is 5.97 Å². The second-order valence-electron chi connectivity index (χ2n) is 6.61. The second kappa shape index (κ2) is 10.3. The number of nitrogens with zero attached hydrogens (tertiary/aromatic N) is 1. The Morgan fingerprint density at radius 2 is 1.97 bits per heavy atom. The Morgan fingerprint density at radius 3 is 2.61 bits per heavy atom. The molecular weight excluding hydrogens is 439 g/mol. The van der Waals surface area contributed by atoms with E-state index in [2.05, 4.69) is 5.32 Å². The highest BCUT2D eigenvalue weighted by molar-refractivity contribution is 7.11. The van der Waals surface area contributed by atoms with Gasteiger partial charge < -0.3 is 10.1 Å². The van der Waals surface area contributed by atoms with E-state index in [0.29, 0.717) is 9.20 Å². The minimum Gasteiger partial charge on any atom is -0.463 e. The molecule has 0 bridgehead atoms. The van der Waals surface area contributed by atoms with Gasteiger partial charge in [0.25, 0.3) is 5.56 Å². The number of aromatic nitrogens is 1. The van der Waals surface area contributed by atoms with Crippen molar-refractivity contribution in [1.29, 1.82) is 0 Å². The highest BCUT2D eigenvalue weighted by Crippen LogP contribution is 2.15. The monoisotopic (exact) mass is 460 g/mol. The molecule has 0 aliphatic carbocycles. The van der Waals surface area contributed by atoms with Crippen molar-refractivity contribution in [2.24, 2.45) is 0 Å². The number of hydrogen-bond acceptors (Lipinski definition) is 6. The fraction of sp³-hybridized carbons (Fsp3) is 0.227. The van der Waals surface area contributed by atoms with Crippen LogP contribution in [0, 0.1) is 12.7 Å². The van der Waals surface area contributed by atoms with Crippen LogP contribution in [0.5, 0.6) is 0 Å². The summed E-state index contributed by atoms with van der Waals surface area (Å²) in [6, 6.07) is 7.72. The first-order valence-electron chi connectivity index (χ1n) is 9.52. The zero-order chi connectivity index (χ0) is 22.4. The van der Waals surface area contributed by atoms with Gasteiger partial charge in [0, 0.05) is 11.4 Å². The van der Waals surface area contributed by atoms with Crippen LogP contribution in [0.1, 0.15) is 22.9 Å².